The summed E-state index contributed by atoms with van der Waals surface area (Å²) in [6.45, 7) is 1.96. The molecule has 1 saturated carbocycles. The number of hydrogen-bond acceptors (Lipinski definition) is 5. The Kier molecular flexibility index (Phi) is 5.05. The number of ether oxygens (including phenoxy) is 1. The molecular weight excluding hydrogens is 276 g/mol. The molecule has 1 fully saturated rings. The van der Waals surface area contributed by atoms with Gasteiger partial charge >= 0.3 is 6.01 Å². The summed E-state index contributed by atoms with van der Waals surface area (Å²) in [6, 6.07) is 0.338. The molecule has 0 saturated heterocycles. The van der Waals surface area contributed by atoms with Crippen molar-refractivity contribution in [2.75, 3.05) is 39.6 Å². The van der Waals surface area contributed by atoms with E-state index < -0.39 is 0 Å². The van der Waals surface area contributed by atoms with E-state index in [2.05, 4.69) is 34.3 Å². The first kappa shape index (κ1) is 15.3. The van der Waals surface area contributed by atoms with Gasteiger partial charge < -0.3 is 15.0 Å². The van der Waals surface area contributed by atoms with Crippen LogP contribution >= 0.6 is 11.6 Å². The number of anilines is 1. The van der Waals surface area contributed by atoms with Gasteiger partial charge in [-0.1, -0.05) is 24.4 Å². The third-order valence-corrected chi connectivity index (χ3v) is 4.13. The summed E-state index contributed by atoms with van der Waals surface area (Å²) in [7, 11) is 5.80. The van der Waals surface area contributed by atoms with Crippen molar-refractivity contribution in [1.82, 2.24) is 14.9 Å². The zero-order valence-corrected chi connectivity index (χ0v) is 13.2. The second kappa shape index (κ2) is 6.59. The van der Waals surface area contributed by atoms with Crippen LogP contribution in [0.1, 0.15) is 25.7 Å². The van der Waals surface area contributed by atoms with Gasteiger partial charge in [0.25, 0.3) is 0 Å². The molecule has 0 bridgehead atoms. The first-order chi connectivity index (χ1) is 9.54. The number of nitrogens with one attached hydrogen (secondary N) is 1. The van der Waals surface area contributed by atoms with Crippen LogP contribution in [0.3, 0.4) is 0 Å². The molecule has 0 atom stereocenters. The van der Waals surface area contributed by atoms with Gasteiger partial charge in [0.2, 0.25) is 0 Å². The van der Waals surface area contributed by atoms with Crippen molar-refractivity contribution in [2.45, 2.75) is 25.7 Å². The van der Waals surface area contributed by atoms with Crippen molar-refractivity contribution in [1.29, 1.82) is 0 Å². The Morgan fingerprint density at radius 2 is 2.10 bits per heavy atom. The molecule has 112 valence electrons. The van der Waals surface area contributed by atoms with E-state index in [4.69, 9.17) is 16.3 Å². The Hall–Kier alpha value is -1.07. The predicted molar refractivity (Wildman–Crippen MR) is 81.5 cm³/mol. The van der Waals surface area contributed by atoms with E-state index in [1.807, 2.05) is 0 Å². The van der Waals surface area contributed by atoms with Crippen LogP contribution in [0.15, 0.2) is 6.20 Å². The smallest absolute Gasteiger partial charge is 0.318 e. The van der Waals surface area contributed by atoms with E-state index in [-0.39, 0.29) is 0 Å². The fourth-order valence-electron chi connectivity index (χ4n) is 3.03. The van der Waals surface area contributed by atoms with Crippen LogP contribution < -0.4 is 10.1 Å². The Bertz CT molecular complexity index is 447. The van der Waals surface area contributed by atoms with Crippen LogP contribution in [0.25, 0.3) is 0 Å². The van der Waals surface area contributed by atoms with Gasteiger partial charge in [-0.3, -0.25) is 0 Å². The summed E-state index contributed by atoms with van der Waals surface area (Å²) in [5, 5.41) is 3.92. The monoisotopic (exact) mass is 298 g/mol. The SMILES string of the molecule is COc1ncc(Cl)c(NCC2(CN(C)C)CCCC2)n1. The quantitative estimate of drug-likeness (QED) is 0.875. The van der Waals surface area contributed by atoms with Crippen molar-refractivity contribution in [3.8, 4) is 6.01 Å². The molecular formula is C14H23ClN4O. The minimum Gasteiger partial charge on any atom is -0.467 e. The van der Waals surface area contributed by atoms with Gasteiger partial charge in [0.05, 0.1) is 13.3 Å². The lowest BCUT2D eigenvalue weighted by Gasteiger charge is -2.32. The normalized spacial score (nSPS) is 17.4. The number of rotatable bonds is 6. The van der Waals surface area contributed by atoms with Crippen LogP contribution in [0.5, 0.6) is 6.01 Å². The predicted octanol–water partition coefficient (Wildman–Crippen LogP) is 2.67. The molecule has 1 aliphatic rings. The molecule has 1 aliphatic carbocycles. The van der Waals surface area contributed by atoms with Gasteiger partial charge in [-0.25, -0.2) is 4.98 Å². The highest BCUT2D eigenvalue weighted by molar-refractivity contribution is 6.32. The van der Waals surface area contributed by atoms with E-state index in [1.54, 1.807) is 13.3 Å². The number of methoxy groups -OCH3 is 1. The number of halogens is 1. The maximum Gasteiger partial charge on any atom is 0.318 e. The Balaban J connectivity index is 2.06. The lowest BCUT2D eigenvalue weighted by molar-refractivity contribution is 0.215. The summed E-state index contributed by atoms with van der Waals surface area (Å²) in [5.41, 5.74) is 0.311. The first-order valence-corrected chi connectivity index (χ1v) is 7.38. The van der Waals surface area contributed by atoms with E-state index in [9.17, 15) is 0 Å². The summed E-state index contributed by atoms with van der Waals surface area (Å²) >= 11 is 6.14. The summed E-state index contributed by atoms with van der Waals surface area (Å²) in [6.07, 6.45) is 6.67. The molecule has 0 unspecified atom stereocenters. The average molecular weight is 299 g/mol. The molecule has 0 amide bonds. The van der Waals surface area contributed by atoms with Crippen molar-refractivity contribution < 1.29 is 4.74 Å². The number of nitrogens with zero attached hydrogens (tertiary/aromatic N) is 3. The molecule has 6 heteroatoms. The minimum absolute atomic E-state index is 0.311. The van der Waals surface area contributed by atoms with Crippen molar-refractivity contribution in [3.05, 3.63) is 11.2 Å². The minimum atomic E-state index is 0.311. The van der Waals surface area contributed by atoms with E-state index in [1.165, 1.54) is 25.7 Å². The number of hydrogen-bond donors (Lipinski definition) is 1. The molecule has 0 spiro atoms. The first-order valence-electron chi connectivity index (χ1n) is 7.00. The zero-order chi connectivity index (χ0) is 14.6. The molecule has 1 aromatic heterocycles. The highest BCUT2D eigenvalue weighted by atomic mass is 35.5. The third-order valence-electron chi connectivity index (χ3n) is 3.85. The molecule has 0 aromatic carbocycles. The van der Waals surface area contributed by atoms with Crippen LogP contribution in [0, 0.1) is 5.41 Å². The Labute approximate surface area is 125 Å². The highest BCUT2D eigenvalue weighted by Gasteiger charge is 2.34. The van der Waals surface area contributed by atoms with Gasteiger partial charge in [0, 0.05) is 18.5 Å². The molecule has 0 radical (unpaired) electrons. The molecule has 0 aliphatic heterocycles. The van der Waals surface area contributed by atoms with Gasteiger partial charge in [0.15, 0.2) is 5.82 Å². The second-order valence-electron chi connectivity index (χ2n) is 5.85. The molecule has 20 heavy (non-hydrogen) atoms. The van der Waals surface area contributed by atoms with Crippen LogP contribution in [-0.4, -0.2) is 49.2 Å². The van der Waals surface area contributed by atoms with Gasteiger partial charge in [0.1, 0.15) is 5.02 Å². The maximum absolute atomic E-state index is 6.14. The topological polar surface area (TPSA) is 50.3 Å². The largest absolute Gasteiger partial charge is 0.467 e. The van der Waals surface area contributed by atoms with E-state index >= 15 is 0 Å². The van der Waals surface area contributed by atoms with Crippen molar-refractivity contribution in [2.24, 2.45) is 5.41 Å². The fourth-order valence-corrected chi connectivity index (χ4v) is 3.19. The maximum atomic E-state index is 6.14. The summed E-state index contributed by atoms with van der Waals surface area (Å²) in [4.78, 5) is 10.5. The van der Waals surface area contributed by atoms with E-state index in [0.717, 1.165) is 13.1 Å². The van der Waals surface area contributed by atoms with Gasteiger partial charge in [-0.2, -0.15) is 4.98 Å². The van der Waals surface area contributed by atoms with Crippen LogP contribution in [-0.2, 0) is 0 Å². The summed E-state index contributed by atoms with van der Waals surface area (Å²) < 4.78 is 5.04. The lowest BCUT2D eigenvalue weighted by atomic mass is 9.85. The van der Waals surface area contributed by atoms with Crippen LogP contribution in [0.2, 0.25) is 5.02 Å². The standard InChI is InChI=1S/C14H23ClN4O/c1-19(2)10-14(6-4-5-7-14)9-17-12-11(15)8-16-13(18-12)20-3/h8H,4-7,9-10H2,1-3H3,(H,16,17,18). The van der Waals surface area contributed by atoms with Crippen LogP contribution in [0.4, 0.5) is 5.82 Å². The van der Waals surface area contributed by atoms with Gasteiger partial charge in [-0.15, -0.1) is 0 Å². The number of aromatic nitrogens is 2. The molecule has 1 N–H and O–H groups in total. The fraction of sp³-hybridized carbons (Fsp3) is 0.714. The van der Waals surface area contributed by atoms with E-state index in [0.29, 0.717) is 22.3 Å². The third kappa shape index (κ3) is 3.73. The van der Waals surface area contributed by atoms with Crippen molar-refractivity contribution in [3.63, 3.8) is 0 Å². The molecule has 1 aromatic rings. The zero-order valence-electron chi connectivity index (χ0n) is 12.4. The Morgan fingerprint density at radius 1 is 1.40 bits per heavy atom. The molecule has 1 heterocycles. The Morgan fingerprint density at radius 3 is 2.70 bits per heavy atom. The lowest BCUT2D eigenvalue weighted by Crippen LogP contribution is -2.37. The molecule has 5 nitrogen and oxygen atoms in total. The average Bonchev–Trinajstić information content (AvgIpc) is 2.86. The second-order valence-corrected chi connectivity index (χ2v) is 6.26. The summed E-state index contributed by atoms with van der Waals surface area (Å²) in [5.74, 6) is 0.656. The van der Waals surface area contributed by atoms with Gasteiger partial charge in [-0.05, 0) is 26.9 Å². The molecule has 2 rings (SSSR count). The van der Waals surface area contributed by atoms with Crippen molar-refractivity contribution >= 4 is 17.4 Å². The highest BCUT2D eigenvalue weighted by Crippen LogP contribution is 2.39.